The maximum absolute atomic E-state index is 5.79. The molecule has 0 aliphatic rings. The highest BCUT2D eigenvalue weighted by molar-refractivity contribution is 6.30. The van der Waals surface area contributed by atoms with E-state index < -0.39 is 0 Å². The van der Waals surface area contributed by atoms with Gasteiger partial charge in [-0.25, -0.2) is 4.98 Å². The Balaban J connectivity index is 3.05. The van der Waals surface area contributed by atoms with Crippen LogP contribution in [0.3, 0.4) is 0 Å². The summed E-state index contributed by atoms with van der Waals surface area (Å²) in [5.41, 5.74) is 0.914. The van der Waals surface area contributed by atoms with Gasteiger partial charge >= 0.3 is 0 Å². The number of halogens is 1. The Morgan fingerprint density at radius 3 is 3.00 bits per heavy atom. The van der Waals surface area contributed by atoms with Crippen molar-refractivity contribution >= 4 is 11.6 Å². The van der Waals surface area contributed by atoms with Gasteiger partial charge in [-0.15, -0.1) is 6.42 Å². The molecular weight excluding hydrogens is 158 g/mol. The minimum atomic E-state index is 0.0381. The van der Waals surface area contributed by atoms with Crippen molar-refractivity contribution in [2.24, 2.45) is 0 Å². The highest BCUT2D eigenvalue weighted by Gasteiger charge is 2.05. The zero-order chi connectivity index (χ0) is 8.27. The fraction of sp³-hybridized carbons (Fsp3) is 0.222. The zero-order valence-corrected chi connectivity index (χ0v) is 6.97. The zero-order valence-electron chi connectivity index (χ0n) is 6.21. The summed E-state index contributed by atoms with van der Waals surface area (Å²) >= 11 is 5.79. The monoisotopic (exact) mass is 165 g/mol. The van der Waals surface area contributed by atoms with E-state index in [2.05, 4.69) is 10.9 Å². The third kappa shape index (κ3) is 1.72. The maximum atomic E-state index is 5.79. The molecule has 0 aliphatic heterocycles. The summed E-state index contributed by atoms with van der Waals surface area (Å²) in [5, 5.41) is 0.498. The van der Waals surface area contributed by atoms with Crippen molar-refractivity contribution in [3.05, 3.63) is 29.0 Å². The third-order valence-corrected chi connectivity index (χ3v) is 1.82. The molecule has 0 N–H and O–H groups in total. The van der Waals surface area contributed by atoms with E-state index in [0.29, 0.717) is 5.15 Å². The molecule has 0 radical (unpaired) electrons. The average molecular weight is 166 g/mol. The van der Waals surface area contributed by atoms with Crippen molar-refractivity contribution in [1.29, 1.82) is 0 Å². The summed E-state index contributed by atoms with van der Waals surface area (Å²) in [6.45, 7) is 1.92. The minimum Gasteiger partial charge on any atom is -0.244 e. The minimum absolute atomic E-state index is 0.0381. The van der Waals surface area contributed by atoms with Gasteiger partial charge in [0, 0.05) is 17.7 Å². The average Bonchev–Trinajstić information content (AvgIpc) is 2.04. The Morgan fingerprint density at radius 1 is 1.73 bits per heavy atom. The second kappa shape index (κ2) is 3.41. The molecule has 0 fully saturated rings. The lowest BCUT2D eigenvalue weighted by Crippen LogP contribution is -1.91. The number of hydrogen-bond acceptors (Lipinski definition) is 1. The predicted octanol–water partition coefficient (Wildman–Crippen LogP) is 2.47. The Hall–Kier alpha value is -1.00. The van der Waals surface area contributed by atoms with Crippen molar-refractivity contribution < 1.29 is 0 Å². The van der Waals surface area contributed by atoms with Crippen LogP contribution in [-0.4, -0.2) is 4.98 Å². The second-order valence-electron chi connectivity index (χ2n) is 2.27. The lowest BCUT2D eigenvalue weighted by Gasteiger charge is -2.04. The van der Waals surface area contributed by atoms with Crippen LogP contribution in [0.4, 0.5) is 0 Å². The Kier molecular flexibility index (Phi) is 2.51. The van der Waals surface area contributed by atoms with Gasteiger partial charge in [0.25, 0.3) is 0 Å². The first-order valence-corrected chi connectivity index (χ1v) is 3.70. The number of pyridine rings is 1. The maximum Gasteiger partial charge on any atom is 0.133 e. The van der Waals surface area contributed by atoms with Gasteiger partial charge in [0.05, 0.1) is 0 Å². The molecule has 0 amide bonds. The first-order chi connectivity index (χ1) is 5.25. The number of nitrogens with zero attached hydrogens (tertiary/aromatic N) is 1. The Bertz CT molecular complexity index is 288. The molecule has 0 spiro atoms. The lowest BCUT2D eigenvalue weighted by atomic mass is 10.1. The highest BCUT2D eigenvalue weighted by Crippen LogP contribution is 2.20. The van der Waals surface area contributed by atoms with Gasteiger partial charge in [-0.05, 0) is 13.0 Å². The van der Waals surface area contributed by atoms with Gasteiger partial charge in [-0.1, -0.05) is 23.6 Å². The van der Waals surface area contributed by atoms with Crippen LogP contribution in [0.1, 0.15) is 18.4 Å². The smallest absolute Gasteiger partial charge is 0.133 e. The van der Waals surface area contributed by atoms with Crippen LogP contribution in [0.15, 0.2) is 18.3 Å². The number of hydrogen-bond donors (Lipinski definition) is 0. The third-order valence-electron chi connectivity index (χ3n) is 1.50. The molecule has 56 valence electrons. The normalized spacial score (nSPS) is 12.1. The van der Waals surface area contributed by atoms with E-state index >= 15 is 0 Å². The first kappa shape index (κ1) is 8.10. The van der Waals surface area contributed by atoms with Gasteiger partial charge in [0.1, 0.15) is 5.15 Å². The quantitative estimate of drug-likeness (QED) is 0.460. The topological polar surface area (TPSA) is 12.9 Å². The summed E-state index contributed by atoms with van der Waals surface area (Å²) in [6.07, 6.45) is 6.88. The van der Waals surface area contributed by atoms with Crippen molar-refractivity contribution in [3.8, 4) is 12.3 Å². The van der Waals surface area contributed by atoms with E-state index in [0.717, 1.165) is 5.56 Å². The molecule has 1 atom stereocenters. The molecule has 1 unspecified atom stereocenters. The van der Waals surface area contributed by atoms with Crippen LogP contribution < -0.4 is 0 Å². The largest absolute Gasteiger partial charge is 0.244 e. The first-order valence-electron chi connectivity index (χ1n) is 3.32. The van der Waals surface area contributed by atoms with Gasteiger partial charge in [0.2, 0.25) is 0 Å². The molecule has 1 aromatic rings. The van der Waals surface area contributed by atoms with E-state index in [1.54, 1.807) is 6.20 Å². The SMILES string of the molecule is C#CC(C)c1cccnc1Cl. The lowest BCUT2D eigenvalue weighted by molar-refractivity contribution is 0.989. The van der Waals surface area contributed by atoms with Crippen LogP contribution >= 0.6 is 11.6 Å². The standard InChI is InChI=1S/C9H8ClN/c1-3-7(2)8-5-4-6-11-9(8)10/h1,4-7H,2H3. The molecule has 1 nitrogen and oxygen atoms in total. The van der Waals surface area contributed by atoms with Crippen molar-refractivity contribution in [2.75, 3.05) is 0 Å². The summed E-state index contributed by atoms with van der Waals surface area (Å²) in [7, 11) is 0. The molecular formula is C9H8ClN. The van der Waals surface area contributed by atoms with Crippen LogP contribution in [0.5, 0.6) is 0 Å². The van der Waals surface area contributed by atoms with Crippen LogP contribution in [0.2, 0.25) is 5.15 Å². The van der Waals surface area contributed by atoms with Crippen LogP contribution in [0.25, 0.3) is 0 Å². The van der Waals surface area contributed by atoms with E-state index in [-0.39, 0.29) is 5.92 Å². The molecule has 0 saturated heterocycles. The molecule has 0 bridgehead atoms. The van der Waals surface area contributed by atoms with Gasteiger partial charge in [-0.2, -0.15) is 0 Å². The molecule has 0 saturated carbocycles. The van der Waals surface area contributed by atoms with Crippen molar-refractivity contribution in [1.82, 2.24) is 4.98 Å². The summed E-state index contributed by atoms with van der Waals surface area (Å²) in [6, 6.07) is 3.72. The summed E-state index contributed by atoms with van der Waals surface area (Å²) in [5.74, 6) is 2.64. The number of aromatic nitrogens is 1. The fourth-order valence-corrected chi connectivity index (χ4v) is 1.09. The van der Waals surface area contributed by atoms with Gasteiger partial charge < -0.3 is 0 Å². The Morgan fingerprint density at radius 2 is 2.45 bits per heavy atom. The van der Waals surface area contributed by atoms with Crippen molar-refractivity contribution in [3.63, 3.8) is 0 Å². The molecule has 0 aromatic carbocycles. The molecule has 1 heterocycles. The summed E-state index contributed by atoms with van der Waals surface area (Å²) < 4.78 is 0. The molecule has 1 rings (SSSR count). The molecule has 2 heteroatoms. The second-order valence-corrected chi connectivity index (χ2v) is 2.63. The fourth-order valence-electron chi connectivity index (χ4n) is 0.811. The van der Waals surface area contributed by atoms with Crippen LogP contribution in [0, 0.1) is 12.3 Å². The van der Waals surface area contributed by atoms with Crippen molar-refractivity contribution in [2.45, 2.75) is 12.8 Å². The number of terminal acetylenes is 1. The number of rotatable bonds is 1. The van der Waals surface area contributed by atoms with E-state index in [1.165, 1.54) is 0 Å². The van der Waals surface area contributed by atoms with E-state index in [1.807, 2.05) is 19.1 Å². The summed E-state index contributed by atoms with van der Waals surface area (Å²) in [4.78, 5) is 3.92. The molecule has 1 aromatic heterocycles. The van der Waals surface area contributed by atoms with Gasteiger partial charge in [-0.3, -0.25) is 0 Å². The van der Waals surface area contributed by atoms with Gasteiger partial charge in [0.15, 0.2) is 0 Å². The van der Waals surface area contributed by atoms with E-state index in [9.17, 15) is 0 Å². The highest BCUT2D eigenvalue weighted by atomic mass is 35.5. The van der Waals surface area contributed by atoms with Crippen LogP contribution in [-0.2, 0) is 0 Å². The molecule has 0 aliphatic carbocycles. The molecule has 11 heavy (non-hydrogen) atoms. The Labute approximate surface area is 71.4 Å². The van der Waals surface area contributed by atoms with E-state index in [4.69, 9.17) is 18.0 Å². The predicted molar refractivity (Wildman–Crippen MR) is 46.5 cm³/mol.